The first-order chi connectivity index (χ1) is 10.1. The fraction of sp³-hybridized carbons (Fsp3) is 0.588. The number of anilines is 2. The van der Waals surface area contributed by atoms with Crippen LogP contribution in [0.2, 0.25) is 0 Å². The average molecular weight is 290 g/mol. The summed E-state index contributed by atoms with van der Waals surface area (Å²) < 4.78 is 4.74. The van der Waals surface area contributed by atoms with Crippen LogP contribution >= 0.6 is 0 Å². The summed E-state index contributed by atoms with van der Waals surface area (Å²) >= 11 is 0. The first-order valence-electron chi connectivity index (χ1n) is 7.85. The number of methoxy groups -OCH3 is 1. The number of nitrogen functional groups attached to an aromatic ring is 1. The van der Waals surface area contributed by atoms with Gasteiger partial charge < -0.3 is 15.8 Å². The van der Waals surface area contributed by atoms with E-state index < -0.39 is 0 Å². The number of carbonyl (C=O) groups excluding carboxylic acids is 1. The lowest BCUT2D eigenvalue weighted by molar-refractivity contribution is 0.0601. The van der Waals surface area contributed by atoms with Gasteiger partial charge in [0.1, 0.15) is 0 Å². The number of nitrogens with one attached hydrogen (secondary N) is 1. The Hall–Kier alpha value is -1.71. The molecule has 1 fully saturated rings. The van der Waals surface area contributed by atoms with E-state index in [0.29, 0.717) is 17.2 Å². The van der Waals surface area contributed by atoms with Gasteiger partial charge in [0.25, 0.3) is 0 Å². The molecule has 0 aromatic heterocycles. The number of hydrogen-bond donors (Lipinski definition) is 2. The molecule has 0 bridgehead atoms. The van der Waals surface area contributed by atoms with Crippen LogP contribution in [0, 0.1) is 11.8 Å². The van der Waals surface area contributed by atoms with E-state index >= 15 is 0 Å². The molecule has 2 rings (SSSR count). The van der Waals surface area contributed by atoms with Crippen molar-refractivity contribution in [3.63, 3.8) is 0 Å². The zero-order valence-electron chi connectivity index (χ0n) is 13.0. The van der Waals surface area contributed by atoms with Gasteiger partial charge in [-0.3, -0.25) is 0 Å². The standard InChI is InChI=1S/C17H26N2O2/c1-3-12-4-6-13(7-5-12)11-19-16-10-14(17(20)21-2)8-9-15(16)18/h8-10,12-13,19H,3-7,11,18H2,1-2H3. The molecule has 1 saturated carbocycles. The molecule has 1 aromatic rings. The van der Waals surface area contributed by atoms with Crippen LogP contribution in [-0.4, -0.2) is 19.6 Å². The lowest BCUT2D eigenvalue weighted by atomic mass is 9.81. The van der Waals surface area contributed by atoms with Crippen molar-refractivity contribution < 1.29 is 9.53 Å². The van der Waals surface area contributed by atoms with Gasteiger partial charge in [-0.2, -0.15) is 0 Å². The van der Waals surface area contributed by atoms with E-state index in [2.05, 4.69) is 12.2 Å². The summed E-state index contributed by atoms with van der Waals surface area (Å²) in [7, 11) is 1.39. The van der Waals surface area contributed by atoms with E-state index in [1.54, 1.807) is 18.2 Å². The lowest BCUT2D eigenvalue weighted by Crippen LogP contribution is -2.21. The third-order valence-corrected chi connectivity index (χ3v) is 4.60. The highest BCUT2D eigenvalue weighted by molar-refractivity contribution is 5.91. The van der Waals surface area contributed by atoms with Crippen LogP contribution in [0.5, 0.6) is 0 Å². The van der Waals surface area contributed by atoms with Gasteiger partial charge in [0.15, 0.2) is 0 Å². The Balaban J connectivity index is 1.92. The van der Waals surface area contributed by atoms with E-state index in [4.69, 9.17) is 10.5 Å². The van der Waals surface area contributed by atoms with E-state index in [9.17, 15) is 4.79 Å². The average Bonchev–Trinajstić information content (AvgIpc) is 2.53. The SMILES string of the molecule is CCC1CCC(CNc2cc(C(=O)OC)ccc2N)CC1. The highest BCUT2D eigenvalue weighted by Crippen LogP contribution is 2.31. The molecule has 0 spiro atoms. The molecule has 3 N–H and O–H groups in total. The molecule has 0 amide bonds. The van der Waals surface area contributed by atoms with Crippen LogP contribution in [0.1, 0.15) is 49.4 Å². The van der Waals surface area contributed by atoms with E-state index in [1.807, 2.05) is 0 Å². The summed E-state index contributed by atoms with van der Waals surface area (Å²) in [5.74, 6) is 1.28. The quantitative estimate of drug-likeness (QED) is 0.641. The Morgan fingerprint density at radius 1 is 1.29 bits per heavy atom. The Kier molecular flexibility index (Phi) is 5.48. The van der Waals surface area contributed by atoms with Crippen LogP contribution in [0.15, 0.2) is 18.2 Å². The maximum Gasteiger partial charge on any atom is 0.337 e. The number of esters is 1. The monoisotopic (exact) mass is 290 g/mol. The summed E-state index contributed by atoms with van der Waals surface area (Å²) in [6, 6.07) is 5.22. The number of benzene rings is 1. The minimum Gasteiger partial charge on any atom is -0.465 e. The summed E-state index contributed by atoms with van der Waals surface area (Å²) in [4.78, 5) is 11.6. The van der Waals surface area contributed by atoms with Gasteiger partial charge in [-0.05, 0) is 42.9 Å². The Morgan fingerprint density at radius 2 is 1.95 bits per heavy atom. The Bertz CT molecular complexity index is 480. The molecule has 0 aliphatic heterocycles. The second-order valence-corrected chi connectivity index (χ2v) is 5.97. The number of nitrogens with two attached hydrogens (primary N) is 1. The summed E-state index contributed by atoms with van der Waals surface area (Å²) in [6.07, 6.45) is 6.53. The minimum absolute atomic E-state index is 0.332. The van der Waals surface area contributed by atoms with E-state index in [0.717, 1.165) is 18.2 Å². The van der Waals surface area contributed by atoms with Crippen molar-refractivity contribution in [3.05, 3.63) is 23.8 Å². The van der Waals surface area contributed by atoms with Crippen molar-refractivity contribution in [3.8, 4) is 0 Å². The predicted octanol–water partition coefficient (Wildman–Crippen LogP) is 3.68. The first-order valence-corrected chi connectivity index (χ1v) is 7.85. The lowest BCUT2D eigenvalue weighted by Gasteiger charge is -2.28. The molecular formula is C17H26N2O2. The van der Waals surface area contributed by atoms with Crippen molar-refractivity contribution in [1.82, 2.24) is 0 Å². The second-order valence-electron chi connectivity index (χ2n) is 5.97. The summed E-state index contributed by atoms with van der Waals surface area (Å²) in [6.45, 7) is 3.20. The summed E-state index contributed by atoms with van der Waals surface area (Å²) in [5, 5.41) is 3.40. The van der Waals surface area contributed by atoms with Crippen molar-refractivity contribution >= 4 is 17.3 Å². The van der Waals surface area contributed by atoms with Gasteiger partial charge in [-0.1, -0.05) is 26.2 Å². The topological polar surface area (TPSA) is 64.3 Å². The third kappa shape index (κ3) is 4.13. The molecule has 1 aliphatic carbocycles. The van der Waals surface area contributed by atoms with Gasteiger partial charge in [0.2, 0.25) is 0 Å². The van der Waals surface area contributed by atoms with Gasteiger partial charge in [-0.15, -0.1) is 0 Å². The predicted molar refractivity (Wildman–Crippen MR) is 86.4 cm³/mol. The number of hydrogen-bond acceptors (Lipinski definition) is 4. The van der Waals surface area contributed by atoms with Crippen LogP contribution in [0.25, 0.3) is 0 Å². The van der Waals surface area contributed by atoms with Crippen molar-refractivity contribution in [1.29, 1.82) is 0 Å². The molecule has 0 atom stereocenters. The molecule has 0 radical (unpaired) electrons. The molecule has 116 valence electrons. The van der Waals surface area contributed by atoms with Crippen molar-refractivity contribution in [2.45, 2.75) is 39.0 Å². The maximum absolute atomic E-state index is 11.6. The fourth-order valence-electron chi connectivity index (χ4n) is 3.05. The van der Waals surface area contributed by atoms with Crippen LogP contribution in [-0.2, 0) is 4.74 Å². The molecule has 4 nitrogen and oxygen atoms in total. The molecule has 0 unspecified atom stereocenters. The van der Waals surface area contributed by atoms with Gasteiger partial charge in [0, 0.05) is 6.54 Å². The summed E-state index contributed by atoms with van der Waals surface area (Å²) in [5.41, 5.74) is 8.01. The highest BCUT2D eigenvalue weighted by atomic mass is 16.5. The van der Waals surface area contributed by atoms with Crippen LogP contribution in [0.3, 0.4) is 0 Å². The van der Waals surface area contributed by atoms with Crippen molar-refractivity contribution in [2.24, 2.45) is 11.8 Å². The smallest absolute Gasteiger partial charge is 0.337 e. The molecule has 1 aliphatic rings. The third-order valence-electron chi connectivity index (χ3n) is 4.60. The first kappa shape index (κ1) is 15.7. The van der Waals surface area contributed by atoms with Crippen LogP contribution < -0.4 is 11.1 Å². The van der Waals surface area contributed by atoms with Gasteiger partial charge in [-0.25, -0.2) is 4.79 Å². The van der Waals surface area contributed by atoms with E-state index in [-0.39, 0.29) is 5.97 Å². The molecule has 4 heteroatoms. The van der Waals surface area contributed by atoms with Gasteiger partial charge >= 0.3 is 5.97 Å². The highest BCUT2D eigenvalue weighted by Gasteiger charge is 2.20. The second kappa shape index (κ2) is 7.34. The zero-order chi connectivity index (χ0) is 15.2. The van der Waals surface area contributed by atoms with Crippen molar-refractivity contribution in [2.75, 3.05) is 24.7 Å². The van der Waals surface area contributed by atoms with E-state index in [1.165, 1.54) is 39.2 Å². The minimum atomic E-state index is -0.332. The maximum atomic E-state index is 11.6. The van der Waals surface area contributed by atoms with Crippen LogP contribution in [0.4, 0.5) is 11.4 Å². The Morgan fingerprint density at radius 3 is 2.57 bits per heavy atom. The number of ether oxygens (including phenoxy) is 1. The molecule has 1 aromatic carbocycles. The Labute approximate surface area is 127 Å². The zero-order valence-corrected chi connectivity index (χ0v) is 13.0. The normalized spacial score (nSPS) is 21.8. The number of carbonyl (C=O) groups is 1. The van der Waals surface area contributed by atoms with Gasteiger partial charge in [0.05, 0.1) is 24.0 Å². The molecular weight excluding hydrogens is 264 g/mol. The number of rotatable bonds is 5. The molecule has 0 heterocycles. The molecule has 21 heavy (non-hydrogen) atoms. The largest absolute Gasteiger partial charge is 0.465 e. The molecule has 0 saturated heterocycles. The fourth-order valence-corrected chi connectivity index (χ4v) is 3.05.